The van der Waals surface area contributed by atoms with Crippen LogP contribution in [0.1, 0.15) is 29.3 Å². The molecule has 7 heteroatoms. The Balaban J connectivity index is 1.86. The van der Waals surface area contributed by atoms with Crippen molar-refractivity contribution in [2.75, 3.05) is 13.1 Å². The lowest BCUT2D eigenvalue weighted by Gasteiger charge is -2.36. The first kappa shape index (κ1) is 16.2. The maximum absolute atomic E-state index is 13.4. The van der Waals surface area contributed by atoms with E-state index in [-0.39, 0.29) is 37.6 Å². The van der Waals surface area contributed by atoms with Crippen LogP contribution in [0.2, 0.25) is 0 Å². The highest BCUT2D eigenvalue weighted by molar-refractivity contribution is 5.87. The Kier molecular flexibility index (Phi) is 4.63. The van der Waals surface area contributed by atoms with Gasteiger partial charge in [0.1, 0.15) is 0 Å². The molecule has 5 nitrogen and oxygen atoms in total. The van der Waals surface area contributed by atoms with E-state index < -0.39 is 17.8 Å². The van der Waals surface area contributed by atoms with Crippen LogP contribution in [0.5, 0.6) is 0 Å². The molecule has 2 N–H and O–H groups in total. The molecular weight excluding hydrogens is 294 g/mol. The van der Waals surface area contributed by atoms with Crippen molar-refractivity contribution >= 4 is 12.0 Å². The molecule has 1 aliphatic rings. The zero-order chi connectivity index (χ0) is 16.3. The quantitative estimate of drug-likeness (QED) is 0.901. The van der Waals surface area contributed by atoms with E-state index in [2.05, 4.69) is 5.32 Å². The fourth-order valence-corrected chi connectivity index (χ4v) is 2.32. The summed E-state index contributed by atoms with van der Waals surface area (Å²) in [4.78, 5) is 24.1. The number of hydrogen-bond donors (Lipinski definition) is 2. The monoisotopic (exact) mass is 312 g/mol. The fraction of sp³-hybridized carbons (Fsp3) is 0.467. The van der Waals surface area contributed by atoms with Gasteiger partial charge >= 0.3 is 12.0 Å². The Morgan fingerprint density at radius 3 is 2.55 bits per heavy atom. The van der Waals surface area contributed by atoms with E-state index in [1.54, 1.807) is 12.1 Å². The number of nitrogens with zero attached hydrogens (tertiary/aromatic N) is 1. The second-order valence-corrected chi connectivity index (χ2v) is 5.52. The highest BCUT2D eigenvalue weighted by Crippen LogP contribution is 2.32. The van der Waals surface area contributed by atoms with Crippen LogP contribution in [0, 0.1) is 5.92 Å². The third kappa shape index (κ3) is 3.72. The molecule has 1 atom stereocenters. The zero-order valence-electron chi connectivity index (χ0n) is 12.2. The summed E-state index contributed by atoms with van der Waals surface area (Å²) >= 11 is 0. The summed E-state index contributed by atoms with van der Waals surface area (Å²) in [6.45, 7) is 1.71. The first-order valence-corrected chi connectivity index (χ1v) is 7.02. The summed E-state index contributed by atoms with van der Waals surface area (Å²) in [6, 6.07) is 5.73. The topological polar surface area (TPSA) is 69.6 Å². The number of amides is 2. The third-order valence-electron chi connectivity index (χ3n) is 3.86. The molecule has 0 aromatic heterocycles. The van der Waals surface area contributed by atoms with Crippen LogP contribution in [0.3, 0.4) is 0 Å². The van der Waals surface area contributed by atoms with Crippen molar-refractivity contribution in [3.05, 3.63) is 35.4 Å². The van der Waals surface area contributed by atoms with Crippen molar-refractivity contribution in [2.24, 2.45) is 5.92 Å². The number of carboxylic acid groups (broad SMARTS) is 1. The van der Waals surface area contributed by atoms with Gasteiger partial charge in [-0.25, -0.2) is 18.4 Å². The highest BCUT2D eigenvalue weighted by atomic mass is 19.3. The van der Waals surface area contributed by atoms with Gasteiger partial charge in [0.25, 0.3) is 5.92 Å². The largest absolute Gasteiger partial charge is 0.478 e. The van der Waals surface area contributed by atoms with Crippen molar-refractivity contribution in [3.8, 4) is 0 Å². The van der Waals surface area contributed by atoms with Crippen molar-refractivity contribution < 1.29 is 23.5 Å². The van der Waals surface area contributed by atoms with Gasteiger partial charge in [-0.1, -0.05) is 19.1 Å². The van der Waals surface area contributed by atoms with Gasteiger partial charge in [-0.05, 0) is 17.7 Å². The summed E-state index contributed by atoms with van der Waals surface area (Å²) in [7, 11) is 0. The molecule has 1 saturated heterocycles. The number of urea groups is 1. The number of benzene rings is 1. The number of hydrogen-bond acceptors (Lipinski definition) is 2. The number of nitrogens with one attached hydrogen (secondary N) is 1. The number of aromatic carboxylic acids is 1. The highest BCUT2D eigenvalue weighted by Gasteiger charge is 2.42. The van der Waals surface area contributed by atoms with Gasteiger partial charge in [0.2, 0.25) is 0 Å². The molecule has 1 aliphatic heterocycles. The summed E-state index contributed by atoms with van der Waals surface area (Å²) in [6.07, 6.45) is -0.325. The molecular formula is C15H18F2N2O3. The molecule has 0 bridgehead atoms. The normalized spacial score (nSPS) is 20.5. The molecule has 1 unspecified atom stereocenters. The lowest BCUT2D eigenvalue weighted by Crippen LogP contribution is -2.51. The molecule has 0 saturated carbocycles. The predicted molar refractivity (Wildman–Crippen MR) is 75.9 cm³/mol. The first-order chi connectivity index (χ1) is 10.3. The Labute approximate surface area is 126 Å². The van der Waals surface area contributed by atoms with Crippen molar-refractivity contribution in [2.45, 2.75) is 25.8 Å². The van der Waals surface area contributed by atoms with Crippen LogP contribution in [0.15, 0.2) is 24.3 Å². The second-order valence-electron chi connectivity index (χ2n) is 5.52. The van der Waals surface area contributed by atoms with Gasteiger partial charge in [0.05, 0.1) is 5.56 Å². The lowest BCUT2D eigenvalue weighted by molar-refractivity contribution is -0.0906. The summed E-state index contributed by atoms with van der Waals surface area (Å²) in [5, 5.41) is 11.5. The first-order valence-electron chi connectivity index (χ1n) is 7.02. The molecule has 1 aromatic rings. The maximum Gasteiger partial charge on any atom is 0.335 e. The molecule has 22 heavy (non-hydrogen) atoms. The molecule has 1 fully saturated rings. The van der Waals surface area contributed by atoms with E-state index in [0.29, 0.717) is 0 Å². The van der Waals surface area contributed by atoms with Gasteiger partial charge in [-0.3, -0.25) is 0 Å². The van der Waals surface area contributed by atoms with E-state index in [9.17, 15) is 18.4 Å². The Morgan fingerprint density at radius 1 is 1.36 bits per heavy atom. The van der Waals surface area contributed by atoms with Gasteiger partial charge in [0.15, 0.2) is 0 Å². The molecule has 1 aromatic carbocycles. The minimum atomic E-state index is -2.72. The number of carbonyl (C=O) groups is 2. The number of rotatable bonds is 3. The number of carboxylic acids is 1. The standard InChI is InChI=1S/C15H18F2N2O3/c1-10-9-19(7-6-15(10,16)17)14(22)18-8-11-2-4-12(5-3-11)13(20)21/h2-5,10H,6-9H2,1H3,(H,18,22)(H,20,21). The van der Waals surface area contributed by atoms with E-state index in [1.807, 2.05) is 0 Å². The molecule has 2 amide bonds. The van der Waals surface area contributed by atoms with Crippen LogP contribution in [0.4, 0.5) is 13.6 Å². The van der Waals surface area contributed by atoms with Gasteiger partial charge in [-0.2, -0.15) is 0 Å². The molecule has 0 aliphatic carbocycles. The molecule has 0 radical (unpaired) electrons. The Bertz CT molecular complexity index is 560. The summed E-state index contributed by atoms with van der Waals surface area (Å²) in [5.74, 6) is -4.59. The lowest BCUT2D eigenvalue weighted by atomic mass is 9.96. The van der Waals surface area contributed by atoms with Crippen LogP contribution in [-0.2, 0) is 6.54 Å². The number of alkyl halides is 2. The van der Waals surface area contributed by atoms with Crippen molar-refractivity contribution in [3.63, 3.8) is 0 Å². The number of likely N-dealkylation sites (tertiary alicyclic amines) is 1. The predicted octanol–water partition coefficient (Wildman–Crippen LogP) is 2.57. The molecule has 2 rings (SSSR count). The zero-order valence-corrected chi connectivity index (χ0v) is 12.2. The Hall–Kier alpha value is -2.18. The van der Waals surface area contributed by atoms with Crippen LogP contribution < -0.4 is 5.32 Å². The number of piperidine rings is 1. The second kappa shape index (κ2) is 6.29. The number of halogens is 2. The smallest absolute Gasteiger partial charge is 0.335 e. The fourth-order valence-electron chi connectivity index (χ4n) is 2.32. The average molecular weight is 312 g/mol. The summed E-state index contributed by atoms with van der Waals surface area (Å²) in [5.41, 5.74) is 0.913. The van der Waals surface area contributed by atoms with E-state index in [1.165, 1.54) is 24.0 Å². The average Bonchev–Trinajstić information content (AvgIpc) is 2.48. The van der Waals surface area contributed by atoms with E-state index in [4.69, 9.17) is 5.11 Å². The van der Waals surface area contributed by atoms with Crippen LogP contribution >= 0.6 is 0 Å². The third-order valence-corrected chi connectivity index (χ3v) is 3.86. The maximum atomic E-state index is 13.4. The Morgan fingerprint density at radius 2 is 2.00 bits per heavy atom. The van der Waals surface area contributed by atoms with Gasteiger partial charge in [0, 0.05) is 32.0 Å². The van der Waals surface area contributed by atoms with Crippen LogP contribution in [0.25, 0.3) is 0 Å². The molecule has 1 heterocycles. The minimum Gasteiger partial charge on any atom is -0.478 e. The van der Waals surface area contributed by atoms with E-state index >= 15 is 0 Å². The molecule has 120 valence electrons. The SMILES string of the molecule is CC1CN(C(=O)NCc2ccc(C(=O)O)cc2)CCC1(F)F. The minimum absolute atomic E-state index is 0.0246. The van der Waals surface area contributed by atoms with Crippen molar-refractivity contribution in [1.82, 2.24) is 10.2 Å². The number of carbonyl (C=O) groups excluding carboxylic acids is 1. The summed E-state index contributed by atoms with van der Waals surface area (Å²) < 4.78 is 26.8. The van der Waals surface area contributed by atoms with Gasteiger partial charge in [-0.15, -0.1) is 0 Å². The molecule has 0 spiro atoms. The van der Waals surface area contributed by atoms with Gasteiger partial charge < -0.3 is 15.3 Å². The van der Waals surface area contributed by atoms with Crippen molar-refractivity contribution in [1.29, 1.82) is 0 Å². The van der Waals surface area contributed by atoms with Crippen LogP contribution in [-0.4, -0.2) is 41.0 Å². The van der Waals surface area contributed by atoms with E-state index in [0.717, 1.165) is 5.56 Å².